The van der Waals surface area contributed by atoms with Crippen LogP contribution in [-0.4, -0.2) is 5.54 Å². The summed E-state index contributed by atoms with van der Waals surface area (Å²) in [7, 11) is 0. The number of hydrogen-bond donors (Lipinski definition) is 1. The Kier molecular flexibility index (Phi) is 2.23. The van der Waals surface area contributed by atoms with Gasteiger partial charge in [-0.25, -0.2) is 0 Å². The molecule has 0 aliphatic carbocycles. The number of anilines is 1. The quantitative estimate of drug-likeness (QED) is 0.680. The highest BCUT2D eigenvalue weighted by Crippen LogP contribution is 2.39. The molecule has 1 unspecified atom stereocenters. The first kappa shape index (κ1) is 9.85. The summed E-state index contributed by atoms with van der Waals surface area (Å²) in [5, 5.41) is 4.37. The van der Waals surface area contributed by atoms with Gasteiger partial charge in [0, 0.05) is 16.2 Å². The van der Waals surface area contributed by atoms with Crippen LogP contribution >= 0.6 is 11.6 Å². The van der Waals surface area contributed by atoms with Crippen molar-refractivity contribution in [3.8, 4) is 0 Å². The van der Waals surface area contributed by atoms with Gasteiger partial charge in [-0.15, -0.1) is 0 Å². The van der Waals surface area contributed by atoms with Crippen molar-refractivity contribution in [1.29, 1.82) is 0 Å². The van der Waals surface area contributed by atoms with Crippen molar-refractivity contribution in [1.82, 2.24) is 0 Å². The molecule has 0 spiro atoms. The maximum atomic E-state index is 5.99. The molecule has 76 valence electrons. The van der Waals surface area contributed by atoms with Crippen LogP contribution in [0.5, 0.6) is 0 Å². The third-order valence-electron chi connectivity index (χ3n) is 2.83. The summed E-state index contributed by atoms with van der Waals surface area (Å²) >= 11 is 5.99. The minimum absolute atomic E-state index is 0.195. The molecule has 0 fully saturated rings. The lowest BCUT2D eigenvalue weighted by molar-refractivity contribution is 0.454. The van der Waals surface area contributed by atoms with Gasteiger partial charge in [0.25, 0.3) is 0 Å². The molecule has 2 heteroatoms. The number of fused-ring (bicyclic) bond motifs is 1. The Bertz CT molecular complexity index is 357. The third kappa shape index (κ3) is 1.74. The van der Waals surface area contributed by atoms with Crippen molar-refractivity contribution >= 4 is 17.3 Å². The molecule has 0 aromatic heterocycles. The van der Waals surface area contributed by atoms with Gasteiger partial charge in [0.05, 0.1) is 0 Å². The van der Waals surface area contributed by atoms with E-state index in [1.807, 2.05) is 6.07 Å². The van der Waals surface area contributed by atoms with Gasteiger partial charge in [0.15, 0.2) is 0 Å². The van der Waals surface area contributed by atoms with Gasteiger partial charge < -0.3 is 5.32 Å². The molecule has 1 atom stereocenters. The van der Waals surface area contributed by atoms with E-state index in [-0.39, 0.29) is 5.54 Å². The number of rotatable bonds is 0. The van der Waals surface area contributed by atoms with Crippen LogP contribution in [0.2, 0.25) is 5.02 Å². The largest absolute Gasteiger partial charge is 0.380 e. The summed E-state index contributed by atoms with van der Waals surface area (Å²) in [6.07, 6.45) is 1.15. The van der Waals surface area contributed by atoms with E-state index < -0.39 is 0 Å². The Morgan fingerprint density at radius 3 is 2.86 bits per heavy atom. The fraction of sp³-hybridized carbons (Fsp3) is 0.500. The molecule has 1 aromatic carbocycles. The SMILES string of the molecule is CC1CC(C)(C)Nc2ccc(Cl)cc21. The van der Waals surface area contributed by atoms with E-state index in [0.29, 0.717) is 5.92 Å². The fourth-order valence-corrected chi connectivity index (χ4v) is 2.53. The van der Waals surface area contributed by atoms with Gasteiger partial charge in [-0.05, 0) is 49.9 Å². The minimum Gasteiger partial charge on any atom is -0.380 e. The Hall–Kier alpha value is -0.690. The Morgan fingerprint density at radius 1 is 1.43 bits per heavy atom. The van der Waals surface area contributed by atoms with E-state index in [0.717, 1.165) is 11.4 Å². The van der Waals surface area contributed by atoms with Gasteiger partial charge >= 0.3 is 0 Å². The van der Waals surface area contributed by atoms with Crippen LogP contribution in [0.25, 0.3) is 0 Å². The molecule has 14 heavy (non-hydrogen) atoms. The van der Waals surface area contributed by atoms with Crippen molar-refractivity contribution < 1.29 is 0 Å². The Morgan fingerprint density at radius 2 is 2.14 bits per heavy atom. The van der Waals surface area contributed by atoms with Crippen LogP contribution in [0.4, 0.5) is 5.69 Å². The van der Waals surface area contributed by atoms with Gasteiger partial charge in [-0.3, -0.25) is 0 Å². The zero-order chi connectivity index (χ0) is 10.3. The van der Waals surface area contributed by atoms with Crippen molar-refractivity contribution in [3.63, 3.8) is 0 Å². The van der Waals surface area contributed by atoms with Crippen molar-refractivity contribution in [2.45, 2.75) is 38.6 Å². The smallest absolute Gasteiger partial charge is 0.0410 e. The number of benzene rings is 1. The molecule has 1 heterocycles. The van der Waals surface area contributed by atoms with E-state index >= 15 is 0 Å². The van der Waals surface area contributed by atoms with E-state index in [4.69, 9.17) is 11.6 Å². The molecule has 1 nitrogen and oxygen atoms in total. The van der Waals surface area contributed by atoms with Gasteiger partial charge in [-0.2, -0.15) is 0 Å². The molecule has 0 radical (unpaired) electrons. The predicted octanol–water partition coefficient (Wildman–Crippen LogP) is 4.04. The monoisotopic (exact) mass is 209 g/mol. The molecular formula is C12H16ClN. The van der Waals surface area contributed by atoms with Crippen molar-refractivity contribution in [2.24, 2.45) is 0 Å². The third-order valence-corrected chi connectivity index (χ3v) is 3.07. The molecule has 1 aliphatic heterocycles. The average molecular weight is 210 g/mol. The molecule has 2 rings (SSSR count). The summed E-state index contributed by atoms with van der Waals surface area (Å²) in [5.74, 6) is 0.583. The van der Waals surface area contributed by atoms with E-state index in [2.05, 4.69) is 38.2 Å². The number of hydrogen-bond acceptors (Lipinski definition) is 1. The zero-order valence-corrected chi connectivity index (χ0v) is 9.65. The highest BCUT2D eigenvalue weighted by atomic mass is 35.5. The summed E-state index contributed by atoms with van der Waals surface area (Å²) in [6, 6.07) is 6.10. The number of halogens is 1. The van der Waals surface area contributed by atoms with Crippen LogP contribution in [0.1, 0.15) is 38.7 Å². The van der Waals surface area contributed by atoms with E-state index in [1.165, 1.54) is 11.3 Å². The van der Waals surface area contributed by atoms with Crippen LogP contribution in [0.15, 0.2) is 18.2 Å². The van der Waals surface area contributed by atoms with E-state index in [1.54, 1.807) is 0 Å². The van der Waals surface area contributed by atoms with Gasteiger partial charge in [0.1, 0.15) is 0 Å². The molecule has 1 aromatic rings. The Labute approximate surface area is 90.5 Å². The molecule has 0 saturated heterocycles. The molecular weight excluding hydrogens is 194 g/mol. The molecule has 0 amide bonds. The van der Waals surface area contributed by atoms with Crippen LogP contribution in [0, 0.1) is 0 Å². The summed E-state index contributed by atoms with van der Waals surface area (Å²) in [6.45, 7) is 6.74. The second-order valence-corrected chi connectivity index (χ2v) is 5.28. The number of nitrogens with one attached hydrogen (secondary N) is 1. The first-order valence-electron chi connectivity index (χ1n) is 5.05. The predicted molar refractivity (Wildman–Crippen MR) is 62.2 cm³/mol. The topological polar surface area (TPSA) is 12.0 Å². The van der Waals surface area contributed by atoms with Crippen LogP contribution in [0.3, 0.4) is 0 Å². The minimum atomic E-state index is 0.195. The lowest BCUT2D eigenvalue weighted by atomic mass is 9.82. The van der Waals surface area contributed by atoms with Gasteiger partial charge in [0.2, 0.25) is 0 Å². The van der Waals surface area contributed by atoms with Crippen molar-refractivity contribution in [2.75, 3.05) is 5.32 Å². The first-order valence-corrected chi connectivity index (χ1v) is 5.43. The summed E-state index contributed by atoms with van der Waals surface area (Å²) in [4.78, 5) is 0. The van der Waals surface area contributed by atoms with Crippen LogP contribution in [-0.2, 0) is 0 Å². The Balaban J connectivity index is 2.45. The standard InChI is InChI=1S/C12H16ClN/c1-8-7-12(2,3)14-11-5-4-9(13)6-10(8)11/h4-6,8,14H,7H2,1-3H3. The summed E-state index contributed by atoms with van der Waals surface area (Å²) < 4.78 is 0. The van der Waals surface area contributed by atoms with Gasteiger partial charge in [-0.1, -0.05) is 18.5 Å². The highest BCUT2D eigenvalue weighted by Gasteiger charge is 2.28. The lowest BCUT2D eigenvalue weighted by Gasteiger charge is -2.37. The fourth-order valence-electron chi connectivity index (χ4n) is 2.35. The highest BCUT2D eigenvalue weighted by molar-refractivity contribution is 6.30. The summed E-state index contributed by atoms with van der Waals surface area (Å²) in [5.41, 5.74) is 2.77. The average Bonchev–Trinajstić information content (AvgIpc) is 2.05. The molecule has 1 N–H and O–H groups in total. The van der Waals surface area contributed by atoms with Crippen molar-refractivity contribution in [3.05, 3.63) is 28.8 Å². The normalized spacial score (nSPS) is 23.9. The van der Waals surface area contributed by atoms with E-state index in [9.17, 15) is 0 Å². The first-order chi connectivity index (χ1) is 6.48. The van der Waals surface area contributed by atoms with Crippen LogP contribution < -0.4 is 5.32 Å². The second kappa shape index (κ2) is 3.16. The molecule has 0 bridgehead atoms. The maximum absolute atomic E-state index is 5.99. The second-order valence-electron chi connectivity index (χ2n) is 4.85. The zero-order valence-electron chi connectivity index (χ0n) is 8.89. The maximum Gasteiger partial charge on any atom is 0.0410 e. The molecule has 1 aliphatic rings. The lowest BCUT2D eigenvalue weighted by Crippen LogP contribution is -2.36. The molecule has 0 saturated carbocycles.